The summed E-state index contributed by atoms with van der Waals surface area (Å²) in [6.07, 6.45) is 8.32. The van der Waals surface area contributed by atoms with E-state index in [4.69, 9.17) is 17.3 Å². The predicted molar refractivity (Wildman–Crippen MR) is 137 cm³/mol. The maximum atomic E-state index is 12.7. The fourth-order valence-corrected chi connectivity index (χ4v) is 4.56. The highest BCUT2D eigenvalue weighted by Crippen LogP contribution is 2.25. The molecule has 33 heavy (non-hydrogen) atoms. The van der Waals surface area contributed by atoms with Crippen LogP contribution < -0.4 is 5.73 Å². The van der Waals surface area contributed by atoms with Crippen LogP contribution in [0.15, 0.2) is 42.6 Å². The van der Waals surface area contributed by atoms with Gasteiger partial charge in [0.05, 0.1) is 5.56 Å². The number of hydrogen-bond acceptors (Lipinski definition) is 4. The summed E-state index contributed by atoms with van der Waals surface area (Å²) < 4.78 is 0. The largest absolute Gasteiger partial charge is 0.383 e. The average molecular weight is 460 g/mol. The molecule has 0 bridgehead atoms. The van der Waals surface area contributed by atoms with Gasteiger partial charge >= 0.3 is 0 Å². The summed E-state index contributed by atoms with van der Waals surface area (Å²) >= 11 is 6.17. The molecule has 170 valence electrons. The predicted octanol–water partition coefficient (Wildman–Crippen LogP) is 6.02. The number of likely N-dealkylation sites (tertiary alicyclic amines) is 1. The minimum Gasteiger partial charge on any atom is -0.383 e. The molecule has 5 heteroatoms. The number of pyridine rings is 1. The zero-order valence-electron chi connectivity index (χ0n) is 19.2. The lowest BCUT2D eigenvalue weighted by molar-refractivity contribution is 0.0977. The van der Waals surface area contributed by atoms with Crippen LogP contribution in [0.2, 0.25) is 5.02 Å². The van der Waals surface area contributed by atoms with Crippen molar-refractivity contribution in [2.75, 3.05) is 25.4 Å². The Morgan fingerprint density at radius 3 is 2.70 bits per heavy atom. The van der Waals surface area contributed by atoms with Gasteiger partial charge in [-0.25, -0.2) is 4.98 Å². The summed E-state index contributed by atoms with van der Waals surface area (Å²) in [7, 11) is 0. The lowest BCUT2D eigenvalue weighted by Crippen LogP contribution is -2.30. The van der Waals surface area contributed by atoms with Gasteiger partial charge in [-0.05, 0) is 82.1 Å². The van der Waals surface area contributed by atoms with Gasteiger partial charge in [-0.3, -0.25) is 4.79 Å². The number of unbranched alkanes of at least 4 members (excludes halogenated alkanes) is 1. The summed E-state index contributed by atoms with van der Waals surface area (Å²) in [6.45, 7) is 5.52. The number of halogens is 1. The lowest BCUT2D eigenvalue weighted by atomic mass is 9.99. The fraction of sp³-hybridized carbons (Fsp3) is 0.357. The quantitative estimate of drug-likeness (QED) is 0.278. The summed E-state index contributed by atoms with van der Waals surface area (Å²) in [6, 6.07) is 11.3. The van der Waals surface area contributed by atoms with Crippen LogP contribution in [0.3, 0.4) is 0 Å². The number of nitrogens with two attached hydrogens (primary N) is 1. The SMILES string of the molecule is Cc1cc(C(=O)CCCCN2CCCCC2)ccc1C#Cc1c(N)ncc2ccc(Cl)cc12. The van der Waals surface area contributed by atoms with Crippen LogP contribution >= 0.6 is 11.6 Å². The monoisotopic (exact) mass is 459 g/mol. The first-order valence-corrected chi connectivity index (χ1v) is 12.1. The van der Waals surface area contributed by atoms with Crippen molar-refractivity contribution in [3.8, 4) is 11.8 Å². The number of fused-ring (bicyclic) bond motifs is 1. The topological polar surface area (TPSA) is 59.2 Å². The average Bonchev–Trinajstić information content (AvgIpc) is 2.82. The first kappa shape index (κ1) is 23.3. The number of piperidine rings is 1. The highest BCUT2D eigenvalue weighted by Gasteiger charge is 2.11. The molecular weight excluding hydrogens is 430 g/mol. The van der Waals surface area contributed by atoms with E-state index in [1.165, 1.54) is 32.4 Å². The highest BCUT2D eigenvalue weighted by molar-refractivity contribution is 6.31. The van der Waals surface area contributed by atoms with Gasteiger partial charge in [0, 0.05) is 39.5 Å². The van der Waals surface area contributed by atoms with Crippen LogP contribution in [0.1, 0.15) is 65.6 Å². The van der Waals surface area contributed by atoms with E-state index >= 15 is 0 Å². The maximum Gasteiger partial charge on any atom is 0.162 e. The molecule has 0 atom stereocenters. The van der Waals surface area contributed by atoms with Crippen molar-refractivity contribution in [2.45, 2.75) is 45.4 Å². The third kappa shape index (κ3) is 5.93. The van der Waals surface area contributed by atoms with Crippen molar-refractivity contribution in [3.63, 3.8) is 0 Å². The van der Waals surface area contributed by atoms with Crippen molar-refractivity contribution < 1.29 is 4.79 Å². The lowest BCUT2D eigenvalue weighted by Gasteiger charge is -2.26. The van der Waals surface area contributed by atoms with E-state index in [0.29, 0.717) is 22.8 Å². The molecule has 0 saturated carbocycles. The van der Waals surface area contributed by atoms with Crippen molar-refractivity contribution in [3.05, 3.63) is 69.9 Å². The van der Waals surface area contributed by atoms with Crippen LogP contribution in [0, 0.1) is 18.8 Å². The summed E-state index contributed by atoms with van der Waals surface area (Å²) in [5.41, 5.74) is 9.38. The van der Waals surface area contributed by atoms with Crippen LogP contribution in [0.4, 0.5) is 5.82 Å². The number of carbonyl (C=O) groups is 1. The summed E-state index contributed by atoms with van der Waals surface area (Å²) in [5, 5.41) is 2.46. The number of Topliss-reactive ketones (excluding diaryl/α,β-unsaturated/α-hetero) is 1. The highest BCUT2D eigenvalue weighted by atomic mass is 35.5. The van der Waals surface area contributed by atoms with Gasteiger partial charge in [0.25, 0.3) is 0 Å². The van der Waals surface area contributed by atoms with Crippen LogP contribution in [0.5, 0.6) is 0 Å². The molecule has 2 aromatic carbocycles. The van der Waals surface area contributed by atoms with E-state index in [1.807, 2.05) is 43.3 Å². The Labute approximate surface area is 201 Å². The maximum absolute atomic E-state index is 12.7. The van der Waals surface area contributed by atoms with E-state index in [0.717, 1.165) is 46.8 Å². The Balaban J connectivity index is 1.42. The number of nitrogen functional groups attached to an aromatic ring is 1. The molecular formula is C28H30ClN3O. The Morgan fingerprint density at radius 2 is 1.91 bits per heavy atom. The molecule has 0 aliphatic carbocycles. The Hall–Kier alpha value is -2.87. The number of aryl methyl sites for hydroxylation is 1. The second-order valence-electron chi connectivity index (χ2n) is 8.81. The Morgan fingerprint density at radius 1 is 1.09 bits per heavy atom. The molecule has 0 amide bonds. The smallest absolute Gasteiger partial charge is 0.162 e. The zero-order chi connectivity index (χ0) is 23.2. The molecule has 1 saturated heterocycles. The van der Waals surface area contributed by atoms with Crippen molar-refractivity contribution in [1.29, 1.82) is 0 Å². The number of anilines is 1. The minimum absolute atomic E-state index is 0.202. The first-order chi connectivity index (χ1) is 16.0. The van der Waals surface area contributed by atoms with Crippen molar-refractivity contribution >= 4 is 34.0 Å². The molecule has 2 heterocycles. The van der Waals surface area contributed by atoms with Gasteiger partial charge in [-0.2, -0.15) is 0 Å². The van der Waals surface area contributed by atoms with Gasteiger partial charge in [-0.15, -0.1) is 0 Å². The summed E-state index contributed by atoms with van der Waals surface area (Å²) in [4.78, 5) is 19.5. The molecule has 1 aliphatic heterocycles. The van der Waals surface area contributed by atoms with Gasteiger partial charge in [-0.1, -0.05) is 42.0 Å². The Bertz CT molecular complexity index is 1210. The molecule has 2 N–H and O–H groups in total. The first-order valence-electron chi connectivity index (χ1n) is 11.7. The second kappa shape index (κ2) is 10.8. The molecule has 1 fully saturated rings. The van der Waals surface area contributed by atoms with Gasteiger partial charge in [0.1, 0.15) is 5.82 Å². The van der Waals surface area contributed by atoms with Crippen molar-refractivity contribution in [2.24, 2.45) is 0 Å². The fourth-order valence-electron chi connectivity index (χ4n) is 4.39. The number of rotatable bonds is 6. The third-order valence-corrected chi connectivity index (χ3v) is 6.57. The van der Waals surface area contributed by atoms with Gasteiger partial charge in [0.2, 0.25) is 0 Å². The molecule has 0 radical (unpaired) electrons. The molecule has 1 aromatic heterocycles. The van der Waals surface area contributed by atoms with Crippen LogP contribution in [0.25, 0.3) is 10.8 Å². The van der Waals surface area contributed by atoms with E-state index in [1.54, 1.807) is 6.20 Å². The number of benzene rings is 2. The van der Waals surface area contributed by atoms with Crippen LogP contribution in [-0.4, -0.2) is 35.3 Å². The number of nitrogens with zero attached hydrogens (tertiary/aromatic N) is 2. The summed E-state index contributed by atoms with van der Waals surface area (Å²) in [5.74, 6) is 6.97. The van der Waals surface area contributed by atoms with E-state index in [2.05, 4.69) is 21.7 Å². The van der Waals surface area contributed by atoms with E-state index < -0.39 is 0 Å². The molecule has 1 aliphatic rings. The number of carbonyl (C=O) groups excluding carboxylic acids is 1. The molecule has 3 aromatic rings. The second-order valence-corrected chi connectivity index (χ2v) is 9.25. The van der Waals surface area contributed by atoms with Crippen LogP contribution in [-0.2, 0) is 0 Å². The molecule has 4 nitrogen and oxygen atoms in total. The molecule has 0 spiro atoms. The van der Waals surface area contributed by atoms with E-state index in [-0.39, 0.29) is 5.78 Å². The number of ketones is 1. The minimum atomic E-state index is 0.202. The van der Waals surface area contributed by atoms with Gasteiger partial charge < -0.3 is 10.6 Å². The van der Waals surface area contributed by atoms with E-state index in [9.17, 15) is 4.79 Å². The number of hydrogen-bond donors (Lipinski definition) is 1. The Kier molecular flexibility index (Phi) is 7.65. The van der Waals surface area contributed by atoms with Crippen molar-refractivity contribution in [1.82, 2.24) is 9.88 Å². The standard InChI is InChI=1S/C28H30ClN3O/c1-20-17-22(27(33)7-3-6-16-32-14-4-2-5-15-32)9-8-21(20)11-13-25-26-18-24(29)12-10-23(26)19-31-28(25)30/h8-10,12,17-19H,2-7,14-16H2,1H3,(H2,30,31). The third-order valence-electron chi connectivity index (χ3n) is 6.33. The zero-order valence-corrected chi connectivity index (χ0v) is 19.9. The normalized spacial score (nSPS) is 14.1. The van der Waals surface area contributed by atoms with Gasteiger partial charge in [0.15, 0.2) is 5.78 Å². The number of aromatic nitrogens is 1. The molecule has 0 unspecified atom stereocenters. The molecule has 4 rings (SSSR count).